The van der Waals surface area contributed by atoms with Crippen LogP contribution in [0.25, 0.3) is 0 Å². The lowest BCUT2D eigenvalue weighted by Crippen LogP contribution is -2.47. The average Bonchev–Trinajstić information content (AvgIpc) is 2.33. The third-order valence-corrected chi connectivity index (χ3v) is 3.62. The zero-order chi connectivity index (χ0) is 15.0. The summed E-state index contributed by atoms with van der Waals surface area (Å²) in [7, 11) is 2.20. The summed E-state index contributed by atoms with van der Waals surface area (Å²) in [4.78, 5) is 4.96. The third-order valence-electron chi connectivity index (χ3n) is 3.62. The van der Waals surface area contributed by atoms with Gasteiger partial charge in [0, 0.05) is 33.6 Å². The standard InChI is InChI=1S/C16H35N3O.H2/c1-14(2)11-18(5)12-16-13-19(9-10-20-16)8-6-7-17-15(3)4;/h14-17H,6-13H2,1-5H3;1H/t16-;/m0./s1. The van der Waals surface area contributed by atoms with Crippen LogP contribution in [-0.2, 0) is 4.74 Å². The molecule has 0 aromatic rings. The van der Waals surface area contributed by atoms with Crippen molar-refractivity contribution in [3.8, 4) is 0 Å². The number of hydrogen-bond donors (Lipinski definition) is 1. The maximum Gasteiger partial charge on any atom is 0.0829 e. The van der Waals surface area contributed by atoms with Crippen molar-refractivity contribution in [1.29, 1.82) is 0 Å². The molecule has 1 atom stereocenters. The topological polar surface area (TPSA) is 27.7 Å². The van der Waals surface area contributed by atoms with Crippen LogP contribution in [0.5, 0.6) is 0 Å². The molecule has 122 valence electrons. The second-order valence-corrected chi connectivity index (χ2v) is 6.87. The Kier molecular flexibility index (Phi) is 8.69. The van der Waals surface area contributed by atoms with Crippen LogP contribution in [0.15, 0.2) is 0 Å². The van der Waals surface area contributed by atoms with E-state index in [1.54, 1.807) is 0 Å². The first-order chi connectivity index (χ1) is 9.47. The molecule has 20 heavy (non-hydrogen) atoms. The van der Waals surface area contributed by atoms with Crippen molar-refractivity contribution in [2.75, 3.05) is 52.9 Å². The third kappa shape index (κ3) is 8.20. The maximum absolute atomic E-state index is 5.91. The van der Waals surface area contributed by atoms with E-state index in [-0.39, 0.29) is 1.43 Å². The van der Waals surface area contributed by atoms with Crippen LogP contribution < -0.4 is 5.32 Å². The summed E-state index contributed by atoms with van der Waals surface area (Å²) in [5.41, 5.74) is 0. The Balaban J connectivity index is 0.00000400. The van der Waals surface area contributed by atoms with E-state index >= 15 is 0 Å². The number of hydrogen-bond acceptors (Lipinski definition) is 4. The van der Waals surface area contributed by atoms with Crippen molar-refractivity contribution in [1.82, 2.24) is 15.1 Å². The highest BCUT2D eigenvalue weighted by molar-refractivity contribution is 4.74. The first-order valence-corrected chi connectivity index (χ1v) is 8.23. The summed E-state index contributed by atoms with van der Waals surface area (Å²) < 4.78 is 5.91. The number of nitrogens with zero attached hydrogens (tertiary/aromatic N) is 2. The van der Waals surface area contributed by atoms with Crippen LogP contribution in [0.3, 0.4) is 0 Å². The van der Waals surface area contributed by atoms with Crippen molar-refractivity contribution in [3.63, 3.8) is 0 Å². The lowest BCUT2D eigenvalue weighted by molar-refractivity contribution is -0.0415. The van der Waals surface area contributed by atoms with Gasteiger partial charge in [-0.3, -0.25) is 4.90 Å². The fourth-order valence-corrected chi connectivity index (χ4v) is 2.83. The Morgan fingerprint density at radius 1 is 1.35 bits per heavy atom. The Morgan fingerprint density at radius 3 is 2.75 bits per heavy atom. The zero-order valence-corrected chi connectivity index (χ0v) is 14.2. The number of morpholine rings is 1. The second kappa shape index (κ2) is 9.72. The quantitative estimate of drug-likeness (QED) is 0.656. The van der Waals surface area contributed by atoms with Gasteiger partial charge in [0.2, 0.25) is 0 Å². The Hall–Kier alpha value is -0.160. The zero-order valence-electron chi connectivity index (χ0n) is 14.2. The molecule has 1 saturated heterocycles. The van der Waals surface area contributed by atoms with Gasteiger partial charge < -0.3 is 15.0 Å². The molecule has 1 fully saturated rings. The van der Waals surface area contributed by atoms with Gasteiger partial charge in [0.05, 0.1) is 12.7 Å². The summed E-state index contributed by atoms with van der Waals surface area (Å²) in [6.45, 7) is 16.5. The van der Waals surface area contributed by atoms with E-state index in [1.807, 2.05) is 0 Å². The molecule has 0 aromatic heterocycles. The van der Waals surface area contributed by atoms with E-state index < -0.39 is 0 Å². The molecule has 0 saturated carbocycles. The molecule has 1 aliphatic rings. The van der Waals surface area contributed by atoms with Crippen LogP contribution in [0.4, 0.5) is 0 Å². The Labute approximate surface area is 127 Å². The van der Waals surface area contributed by atoms with Gasteiger partial charge >= 0.3 is 0 Å². The highest BCUT2D eigenvalue weighted by atomic mass is 16.5. The lowest BCUT2D eigenvalue weighted by Gasteiger charge is -2.35. The molecular weight excluding hydrogens is 250 g/mol. The molecule has 0 unspecified atom stereocenters. The maximum atomic E-state index is 5.91. The van der Waals surface area contributed by atoms with Crippen LogP contribution >= 0.6 is 0 Å². The van der Waals surface area contributed by atoms with E-state index in [1.165, 1.54) is 13.0 Å². The number of ether oxygens (including phenoxy) is 1. The van der Waals surface area contributed by atoms with E-state index in [9.17, 15) is 0 Å². The fourth-order valence-electron chi connectivity index (χ4n) is 2.83. The lowest BCUT2D eigenvalue weighted by atomic mass is 10.2. The first-order valence-electron chi connectivity index (χ1n) is 8.23. The van der Waals surface area contributed by atoms with Crippen molar-refractivity contribution >= 4 is 0 Å². The van der Waals surface area contributed by atoms with Gasteiger partial charge in [-0.15, -0.1) is 0 Å². The van der Waals surface area contributed by atoms with Crippen molar-refractivity contribution in [2.45, 2.75) is 46.3 Å². The van der Waals surface area contributed by atoms with E-state index in [0.717, 1.165) is 45.2 Å². The predicted octanol–water partition coefficient (Wildman–Crippen LogP) is 1.91. The molecule has 0 radical (unpaired) electrons. The van der Waals surface area contributed by atoms with E-state index in [2.05, 4.69) is 49.9 Å². The molecule has 0 spiro atoms. The van der Waals surface area contributed by atoms with Gasteiger partial charge in [0.15, 0.2) is 0 Å². The molecule has 0 bridgehead atoms. The summed E-state index contributed by atoms with van der Waals surface area (Å²) in [5.74, 6) is 0.724. The van der Waals surface area contributed by atoms with Crippen LogP contribution in [0, 0.1) is 5.92 Å². The molecule has 1 heterocycles. The summed E-state index contributed by atoms with van der Waals surface area (Å²) in [6.07, 6.45) is 1.61. The summed E-state index contributed by atoms with van der Waals surface area (Å²) in [5, 5.41) is 3.48. The first kappa shape index (κ1) is 17.9. The number of rotatable bonds is 9. The fraction of sp³-hybridized carbons (Fsp3) is 1.00. The van der Waals surface area contributed by atoms with Gasteiger partial charge in [-0.25, -0.2) is 0 Å². The van der Waals surface area contributed by atoms with Gasteiger partial charge in [0.25, 0.3) is 0 Å². The van der Waals surface area contributed by atoms with Crippen LogP contribution in [0.1, 0.15) is 35.5 Å². The summed E-state index contributed by atoms with van der Waals surface area (Å²) >= 11 is 0. The minimum atomic E-state index is 0. The largest absolute Gasteiger partial charge is 0.374 e. The van der Waals surface area contributed by atoms with Crippen LogP contribution in [-0.4, -0.2) is 74.9 Å². The van der Waals surface area contributed by atoms with Crippen molar-refractivity contribution in [3.05, 3.63) is 0 Å². The Bertz CT molecular complexity index is 252. The molecule has 0 aromatic carbocycles. The minimum absolute atomic E-state index is 0. The Morgan fingerprint density at radius 2 is 2.10 bits per heavy atom. The van der Waals surface area contributed by atoms with Gasteiger partial charge in [0.1, 0.15) is 0 Å². The molecule has 4 nitrogen and oxygen atoms in total. The summed E-state index contributed by atoms with van der Waals surface area (Å²) in [6, 6.07) is 0.595. The minimum Gasteiger partial charge on any atom is -0.374 e. The van der Waals surface area contributed by atoms with Gasteiger partial charge in [-0.2, -0.15) is 0 Å². The second-order valence-electron chi connectivity index (χ2n) is 6.87. The average molecular weight is 287 g/mol. The number of likely N-dealkylation sites (N-methyl/N-ethyl adjacent to an activating group) is 1. The molecule has 0 aliphatic carbocycles. The van der Waals surface area contributed by atoms with E-state index in [0.29, 0.717) is 12.1 Å². The smallest absolute Gasteiger partial charge is 0.0829 e. The normalized spacial score (nSPS) is 21.3. The van der Waals surface area contributed by atoms with Gasteiger partial charge in [-0.1, -0.05) is 27.7 Å². The molecule has 1 aliphatic heterocycles. The molecule has 4 heteroatoms. The van der Waals surface area contributed by atoms with Crippen LogP contribution in [0.2, 0.25) is 0 Å². The molecule has 1 rings (SSSR count). The highest BCUT2D eigenvalue weighted by Gasteiger charge is 2.21. The molecule has 1 N–H and O–H groups in total. The van der Waals surface area contributed by atoms with Gasteiger partial charge in [-0.05, 0) is 32.5 Å². The number of nitrogens with one attached hydrogen (secondary N) is 1. The monoisotopic (exact) mass is 287 g/mol. The SMILES string of the molecule is CC(C)CN(C)C[C@H]1CN(CCCNC(C)C)CCO1.[HH]. The molecule has 0 amide bonds. The highest BCUT2D eigenvalue weighted by Crippen LogP contribution is 2.08. The van der Waals surface area contributed by atoms with E-state index in [4.69, 9.17) is 4.74 Å². The predicted molar refractivity (Wildman–Crippen MR) is 88.4 cm³/mol. The van der Waals surface area contributed by atoms with Crippen molar-refractivity contribution in [2.24, 2.45) is 5.92 Å². The van der Waals surface area contributed by atoms with Crippen molar-refractivity contribution < 1.29 is 6.16 Å². The molecular formula is C16H37N3O.